The van der Waals surface area contributed by atoms with Crippen LogP contribution in [-0.4, -0.2) is 53.8 Å². The molecule has 0 aromatic heterocycles. The van der Waals surface area contributed by atoms with E-state index in [9.17, 15) is 14.0 Å². The molecule has 1 fully saturated rings. The van der Waals surface area contributed by atoms with E-state index in [0.29, 0.717) is 43.3 Å². The summed E-state index contributed by atoms with van der Waals surface area (Å²) in [6, 6.07) is 4.13. The standard InChI is InChI=1S/C16H21ClFN3O2/c1-11(19-12(2)22)16(23)21-8-6-20(7-9-21)10-13-14(17)4-3-5-15(13)18/h3-5,11H,6-10H2,1-2H3,(H,19,22). The number of hydrogen-bond donors (Lipinski definition) is 1. The topological polar surface area (TPSA) is 52.7 Å². The average molecular weight is 342 g/mol. The molecule has 1 unspecified atom stereocenters. The highest BCUT2D eigenvalue weighted by Crippen LogP contribution is 2.21. The van der Waals surface area contributed by atoms with E-state index in [-0.39, 0.29) is 17.6 Å². The van der Waals surface area contributed by atoms with Gasteiger partial charge in [0.05, 0.1) is 0 Å². The van der Waals surface area contributed by atoms with E-state index in [1.165, 1.54) is 13.0 Å². The molecule has 1 aliphatic heterocycles. The highest BCUT2D eigenvalue weighted by Gasteiger charge is 2.25. The molecular weight excluding hydrogens is 321 g/mol. The summed E-state index contributed by atoms with van der Waals surface area (Å²) in [5.41, 5.74) is 0.487. The number of hydrogen-bond acceptors (Lipinski definition) is 3. The van der Waals surface area contributed by atoms with Crippen molar-refractivity contribution in [2.75, 3.05) is 26.2 Å². The lowest BCUT2D eigenvalue weighted by Gasteiger charge is -2.36. The molecule has 1 aromatic carbocycles. The minimum absolute atomic E-state index is 0.0937. The molecule has 126 valence electrons. The maximum atomic E-state index is 13.8. The van der Waals surface area contributed by atoms with E-state index >= 15 is 0 Å². The molecule has 7 heteroatoms. The molecule has 23 heavy (non-hydrogen) atoms. The van der Waals surface area contributed by atoms with Gasteiger partial charge in [-0.15, -0.1) is 0 Å². The first-order chi connectivity index (χ1) is 10.9. The van der Waals surface area contributed by atoms with Gasteiger partial charge in [-0.25, -0.2) is 4.39 Å². The summed E-state index contributed by atoms with van der Waals surface area (Å²) in [6.07, 6.45) is 0. The lowest BCUT2D eigenvalue weighted by atomic mass is 10.1. The zero-order valence-electron chi connectivity index (χ0n) is 13.3. The predicted molar refractivity (Wildman–Crippen MR) is 86.5 cm³/mol. The van der Waals surface area contributed by atoms with Crippen LogP contribution in [0.15, 0.2) is 18.2 Å². The molecule has 1 saturated heterocycles. The van der Waals surface area contributed by atoms with E-state index in [1.807, 2.05) is 0 Å². The Balaban J connectivity index is 1.89. The van der Waals surface area contributed by atoms with E-state index in [2.05, 4.69) is 10.2 Å². The first kappa shape index (κ1) is 17.7. The van der Waals surface area contributed by atoms with Crippen molar-refractivity contribution < 1.29 is 14.0 Å². The number of nitrogens with zero attached hydrogens (tertiary/aromatic N) is 2. The molecule has 0 spiro atoms. The lowest BCUT2D eigenvalue weighted by molar-refractivity contribution is -0.137. The number of benzene rings is 1. The molecule has 2 rings (SSSR count). The number of carbonyl (C=O) groups excluding carboxylic acids is 2. The smallest absolute Gasteiger partial charge is 0.244 e. The summed E-state index contributed by atoms with van der Waals surface area (Å²) in [5, 5.41) is 3.01. The zero-order chi connectivity index (χ0) is 17.0. The SMILES string of the molecule is CC(=O)NC(C)C(=O)N1CCN(Cc2c(F)cccc2Cl)CC1. The van der Waals surface area contributed by atoms with E-state index in [0.717, 1.165) is 0 Å². The second-order valence-corrected chi connectivity index (χ2v) is 6.13. The molecule has 0 saturated carbocycles. The molecule has 1 atom stereocenters. The number of nitrogens with one attached hydrogen (secondary N) is 1. The Morgan fingerprint density at radius 2 is 1.96 bits per heavy atom. The fraction of sp³-hybridized carbons (Fsp3) is 0.500. The Bertz CT molecular complexity index is 568. The van der Waals surface area contributed by atoms with Crippen LogP contribution in [0.4, 0.5) is 4.39 Å². The van der Waals surface area contributed by atoms with Crippen LogP contribution in [0.2, 0.25) is 5.02 Å². The van der Waals surface area contributed by atoms with E-state index < -0.39 is 6.04 Å². The molecule has 1 aliphatic rings. The normalized spacial score (nSPS) is 17.0. The van der Waals surface area contributed by atoms with Gasteiger partial charge in [-0.05, 0) is 19.1 Å². The quantitative estimate of drug-likeness (QED) is 0.906. The van der Waals surface area contributed by atoms with Crippen LogP contribution in [-0.2, 0) is 16.1 Å². The second-order valence-electron chi connectivity index (χ2n) is 5.72. The Morgan fingerprint density at radius 1 is 1.30 bits per heavy atom. The van der Waals surface area contributed by atoms with Gasteiger partial charge in [0, 0.05) is 50.2 Å². The Morgan fingerprint density at radius 3 is 2.52 bits per heavy atom. The molecule has 1 N–H and O–H groups in total. The zero-order valence-corrected chi connectivity index (χ0v) is 14.1. The van der Waals surface area contributed by atoms with Gasteiger partial charge in [0.2, 0.25) is 11.8 Å². The van der Waals surface area contributed by atoms with Gasteiger partial charge in [-0.1, -0.05) is 17.7 Å². The van der Waals surface area contributed by atoms with E-state index in [1.54, 1.807) is 24.0 Å². The Labute approximate surface area is 140 Å². The lowest BCUT2D eigenvalue weighted by Crippen LogP contribution is -2.53. The number of piperazine rings is 1. The van der Waals surface area contributed by atoms with Gasteiger partial charge >= 0.3 is 0 Å². The van der Waals surface area contributed by atoms with Crippen molar-refractivity contribution in [2.24, 2.45) is 0 Å². The van der Waals surface area contributed by atoms with E-state index in [4.69, 9.17) is 11.6 Å². The number of carbonyl (C=O) groups is 2. The summed E-state index contributed by atoms with van der Waals surface area (Å²) >= 11 is 6.05. The van der Waals surface area contributed by atoms with Crippen LogP contribution in [0.1, 0.15) is 19.4 Å². The average Bonchev–Trinajstić information content (AvgIpc) is 2.50. The second kappa shape index (κ2) is 7.75. The van der Waals surface area contributed by atoms with Crippen molar-refractivity contribution in [3.63, 3.8) is 0 Å². The molecular formula is C16H21ClFN3O2. The predicted octanol–water partition coefficient (Wildman–Crippen LogP) is 1.65. The summed E-state index contributed by atoms with van der Waals surface area (Å²) in [7, 11) is 0. The number of amides is 2. The Kier molecular flexibility index (Phi) is 5.96. The summed E-state index contributed by atoms with van der Waals surface area (Å²) in [4.78, 5) is 27.0. The minimum Gasteiger partial charge on any atom is -0.345 e. The maximum Gasteiger partial charge on any atom is 0.244 e. The van der Waals surface area contributed by atoms with Gasteiger partial charge in [0.25, 0.3) is 0 Å². The fourth-order valence-corrected chi connectivity index (χ4v) is 2.90. The molecule has 0 bridgehead atoms. The molecule has 2 amide bonds. The molecule has 1 aromatic rings. The maximum absolute atomic E-state index is 13.8. The van der Waals surface area contributed by atoms with Gasteiger partial charge in [0.1, 0.15) is 11.9 Å². The third-order valence-electron chi connectivity index (χ3n) is 3.92. The monoisotopic (exact) mass is 341 g/mol. The first-order valence-corrected chi connectivity index (χ1v) is 7.97. The fourth-order valence-electron chi connectivity index (χ4n) is 2.67. The van der Waals surface area contributed by atoms with Crippen LogP contribution < -0.4 is 5.32 Å². The van der Waals surface area contributed by atoms with Crippen LogP contribution in [0, 0.1) is 5.82 Å². The third-order valence-corrected chi connectivity index (χ3v) is 4.27. The van der Waals surface area contributed by atoms with Crippen molar-refractivity contribution in [3.05, 3.63) is 34.6 Å². The first-order valence-electron chi connectivity index (χ1n) is 7.59. The molecule has 0 aliphatic carbocycles. The van der Waals surface area contributed by atoms with Crippen molar-refractivity contribution in [1.29, 1.82) is 0 Å². The minimum atomic E-state index is -0.528. The molecule has 0 radical (unpaired) electrons. The van der Waals surface area contributed by atoms with Gasteiger partial charge in [-0.3, -0.25) is 14.5 Å². The van der Waals surface area contributed by atoms with Crippen molar-refractivity contribution >= 4 is 23.4 Å². The number of halogens is 2. The summed E-state index contributed by atoms with van der Waals surface area (Å²) in [6.45, 7) is 5.87. The van der Waals surface area contributed by atoms with Crippen LogP contribution in [0.25, 0.3) is 0 Å². The Hall–Kier alpha value is -1.66. The van der Waals surface area contributed by atoms with Crippen LogP contribution >= 0.6 is 11.6 Å². The van der Waals surface area contributed by atoms with Crippen molar-refractivity contribution in [3.8, 4) is 0 Å². The van der Waals surface area contributed by atoms with Gasteiger partial charge in [-0.2, -0.15) is 0 Å². The largest absolute Gasteiger partial charge is 0.345 e. The van der Waals surface area contributed by atoms with Crippen LogP contribution in [0.3, 0.4) is 0 Å². The summed E-state index contributed by atoms with van der Waals surface area (Å²) in [5.74, 6) is -0.627. The van der Waals surface area contributed by atoms with Gasteiger partial charge in [0.15, 0.2) is 0 Å². The molecule has 1 heterocycles. The highest BCUT2D eigenvalue weighted by molar-refractivity contribution is 6.31. The number of rotatable bonds is 4. The van der Waals surface area contributed by atoms with Crippen LogP contribution in [0.5, 0.6) is 0 Å². The highest BCUT2D eigenvalue weighted by atomic mass is 35.5. The third kappa shape index (κ3) is 4.65. The van der Waals surface area contributed by atoms with Crippen molar-refractivity contribution in [1.82, 2.24) is 15.1 Å². The molecule has 5 nitrogen and oxygen atoms in total. The van der Waals surface area contributed by atoms with Gasteiger partial charge < -0.3 is 10.2 Å². The van der Waals surface area contributed by atoms with Crippen molar-refractivity contribution in [2.45, 2.75) is 26.4 Å². The summed E-state index contributed by atoms with van der Waals surface area (Å²) < 4.78 is 13.8.